The number of nitrogens with two attached hydrogens (primary N) is 1. The van der Waals surface area contributed by atoms with Crippen molar-refractivity contribution in [3.8, 4) is 5.75 Å². The summed E-state index contributed by atoms with van der Waals surface area (Å²) in [6, 6.07) is 16.3. The van der Waals surface area contributed by atoms with Crippen LogP contribution in [0.4, 0.5) is 5.69 Å². The number of nitrogens with one attached hydrogen (secondary N) is 1. The zero-order valence-corrected chi connectivity index (χ0v) is 13.8. The van der Waals surface area contributed by atoms with Gasteiger partial charge in [-0.1, -0.05) is 35.0 Å². The van der Waals surface area contributed by atoms with E-state index in [1.165, 1.54) is 0 Å². The van der Waals surface area contributed by atoms with Crippen LogP contribution < -0.4 is 15.8 Å². The molecule has 0 fully saturated rings. The minimum atomic E-state index is 0.0661. The number of benzene rings is 2. The van der Waals surface area contributed by atoms with Gasteiger partial charge in [-0.2, -0.15) is 0 Å². The number of halogens is 1. The molecule has 2 rings (SSSR count). The Morgan fingerprint density at radius 3 is 2.62 bits per heavy atom. The van der Waals surface area contributed by atoms with Crippen molar-refractivity contribution in [2.24, 2.45) is 5.73 Å². The molecule has 0 aliphatic carbocycles. The Morgan fingerprint density at radius 1 is 1.19 bits per heavy atom. The zero-order valence-electron chi connectivity index (χ0n) is 12.2. The molecule has 0 radical (unpaired) electrons. The standard InChI is InChI=1S/C17H21BrN2O/c1-2-10-21-16-5-3-4-13(11-16)17(12-19)20-15-8-6-14(18)7-9-15/h3-9,11,17,20H,2,10,12,19H2,1H3. The molecule has 0 aliphatic heterocycles. The van der Waals surface area contributed by atoms with E-state index < -0.39 is 0 Å². The van der Waals surface area contributed by atoms with Crippen LogP contribution in [0.1, 0.15) is 24.9 Å². The summed E-state index contributed by atoms with van der Waals surface area (Å²) in [5, 5.41) is 3.45. The first kappa shape index (κ1) is 15.9. The van der Waals surface area contributed by atoms with Crippen LogP contribution in [-0.2, 0) is 0 Å². The molecule has 1 atom stereocenters. The Hall–Kier alpha value is -1.52. The van der Waals surface area contributed by atoms with Crippen LogP contribution in [0.3, 0.4) is 0 Å². The predicted molar refractivity (Wildman–Crippen MR) is 91.8 cm³/mol. The molecule has 0 heterocycles. The van der Waals surface area contributed by atoms with E-state index in [9.17, 15) is 0 Å². The summed E-state index contributed by atoms with van der Waals surface area (Å²) in [6.07, 6.45) is 1.00. The first-order chi connectivity index (χ1) is 10.2. The Balaban J connectivity index is 2.11. The minimum Gasteiger partial charge on any atom is -0.494 e. The van der Waals surface area contributed by atoms with Crippen LogP contribution in [-0.4, -0.2) is 13.2 Å². The molecule has 0 bridgehead atoms. The van der Waals surface area contributed by atoms with E-state index in [1.54, 1.807) is 0 Å². The van der Waals surface area contributed by atoms with Gasteiger partial charge in [0.15, 0.2) is 0 Å². The van der Waals surface area contributed by atoms with Crippen molar-refractivity contribution < 1.29 is 4.74 Å². The molecule has 2 aromatic carbocycles. The van der Waals surface area contributed by atoms with E-state index in [4.69, 9.17) is 10.5 Å². The van der Waals surface area contributed by atoms with Crippen molar-refractivity contribution in [1.29, 1.82) is 0 Å². The second-order valence-electron chi connectivity index (χ2n) is 4.86. The zero-order chi connectivity index (χ0) is 15.1. The summed E-state index contributed by atoms with van der Waals surface area (Å²) in [4.78, 5) is 0. The lowest BCUT2D eigenvalue weighted by Gasteiger charge is -2.19. The van der Waals surface area contributed by atoms with E-state index >= 15 is 0 Å². The molecule has 2 aromatic rings. The lowest BCUT2D eigenvalue weighted by Crippen LogP contribution is -2.20. The number of rotatable bonds is 7. The number of anilines is 1. The summed E-state index contributed by atoms with van der Waals surface area (Å²) in [5.74, 6) is 0.894. The van der Waals surface area contributed by atoms with E-state index in [-0.39, 0.29) is 6.04 Å². The molecule has 0 spiro atoms. The third-order valence-electron chi connectivity index (χ3n) is 3.15. The third kappa shape index (κ3) is 4.76. The fraction of sp³-hybridized carbons (Fsp3) is 0.294. The topological polar surface area (TPSA) is 47.3 Å². The molecule has 0 aromatic heterocycles. The normalized spacial score (nSPS) is 12.0. The highest BCUT2D eigenvalue weighted by Gasteiger charge is 2.10. The molecule has 0 saturated heterocycles. The molecule has 4 heteroatoms. The van der Waals surface area contributed by atoms with Crippen LogP contribution in [0.5, 0.6) is 5.75 Å². The Labute approximate surface area is 134 Å². The third-order valence-corrected chi connectivity index (χ3v) is 3.68. The highest BCUT2D eigenvalue weighted by molar-refractivity contribution is 9.10. The minimum absolute atomic E-state index is 0.0661. The monoisotopic (exact) mass is 348 g/mol. The van der Waals surface area contributed by atoms with Gasteiger partial charge in [-0.25, -0.2) is 0 Å². The van der Waals surface area contributed by atoms with E-state index in [0.717, 1.165) is 34.5 Å². The quantitative estimate of drug-likeness (QED) is 0.781. The van der Waals surface area contributed by atoms with Gasteiger partial charge in [0.1, 0.15) is 5.75 Å². The molecule has 1 unspecified atom stereocenters. The summed E-state index contributed by atoms with van der Waals surface area (Å²) in [5.41, 5.74) is 8.10. The maximum absolute atomic E-state index is 5.92. The van der Waals surface area contributed by atoms with Crippen LogP contribution in [0.15, 0.2) is 53.0 Å². The molecule has 21 heavy (non-hydrogen) atoms. The Kier molecular flexibility index (Phi) is 6.08. The SMILES string of the molecule is CCCOc1cccc(C(CN)Nc2ccc(Br)cc2)c1. The van der Waals surface area contributed by atoms with Gasteiger partial charge in [0.25, 0.3) is 0 Å². The molecule has 3 nitrogen and oxygen atoms in total. The molecule has 0 amide bonds. The fourth-order valence-electron chi connectivity index (χ4n) is 2.07. The number of ether oxygens (including phenoxy) is 1. The summed E-state index contributed by atoms with van der Waals surface area (Å²) >= 11 is 3.44. The maximum Gasteiger partial charge on any atom is 0.119 e. The predicted octanol–water partition coefficient (Wildman–Crippen LogP) is 4.35. The second kappa shape index (κ2) is 8.05. The van der Waals surface area contributed by atoms with Gasteiger partial charge in [-0.05, 0) is 48.4 Å². The number of hydrogen-bond donors (Lipinski definition) is 2. The van der Waals surface area contributed by atoms with E-state index in [2.05, 4.69) is 40.3 Å². The van der Waals surface area contributed by atoms with E-state index in [1.807, 2.05) is 36.4 Å². The largest absolute Gasteiger partial charge is 0.494 e. The molecular formula is C17H21BrN2O. The van der Waals surface area contributed by atoms with Gasteiger partial charge in [0.05, 0.1) is 12.6 Å². The van der Waals surface area contributed by atoms with Crippen molar-refractivity contribution in [2.75, 3.05) is 18.5 Å². The van der Waals surface area contributed by atoms with Crippen molar-refractivity contribution in [1.82, 2.24) is 0 Å². The van der Waals surface area contributed by atoms with Crippen LogP contribution in [0.25, 0.3) is 0 Å². The fourth-order valence-corrected chi connectivity index (χ4v) is 2.33. The Bertz CT molecular complexity index is 557. The van der Waals surface area contributed by atoms with Gasteiger partial charge in [-0.15, -0.1) is 0 Å². The van der Waals surface area contributed by atoms with Gasteiger partial charge < -0.3 is 15.8 Å². The second-order valence-corrected chi connectivity index (χ2v) is 5.78. The number of hydrogen-bond acceptors (Lipinski definition) is 3. The first-order valence-corrected chi connectivity index (χ1v) is 7.97. The van der Waals surface area contributed by atoms with Crippen molar-refractivity contribution in [2.45, 2.75) is 19.4 Å². The molecule has 0 saturated carbocycles. The summed E-state index contributed by atoms with van der Waals surface area (Å²) < 4.78 is 6.74. The smallest absolute Gasteiger partial charge is 0.119 e. The van der Waals surface area contributed by atoms with E-state index in [0.29, 0.717) is 6.54 Å². The van der Waals surface area contributed by atoms with Crippen molar-refractivity contribution in [3.63, 3.8) is 0 Å². The van der Waals surface area contributed by atoms with Gasteiger partial charge in [-0.3, -0.25) is 0 Å². The molecule has 3 N–H and O–H groups in total. The first-order valence-electron chi connectivity index (χ1n) is 7.18. The average molecular weight is 349 g/mol. The lowest BCUT2D eigenvalue weighted by atomic mass is 10.1. The molecule has 112 valence electrons. The Morgan fingerprint density at radius 2 is 1.95 bits per heavy atom. The maximum atomic E-state index is 5.92. The van der Waals surface area contributed by atoms with Crippen LogP contribution >= 0.6 is 15.9 Å². The lowest BCUT2D eigenvalue weighted by molar-refractivity contribution is 0.317. The molecular weight excluding hydrogens is 328 g/mol. The molecule has 0 aliphatic rings. The average Bonchev–Trinajstić information content (AvgIpc) is 2.52. The summed E-state index contributed by atoms with van der Waals surface area (Å²) in [7, 11) is 0. The van der Waals surface area contributed by atoms with Crippen molar-refractivity contribution >= 4 is 21.6 Å². The van der Waals surface area contributed by atoms with Gasteiger partial charge in [0.2, 0.25) is 0 Å². The van der Waals surface area contributed by atoms with Crippen LogP contribution in [0.2, 0.25) is 0 Å². The van der Waals surface area contributed by atoms with Gasteiger partial charge in [0, 0.05) is 16.7 Å². The summed E-state index contributed by atoms with van der Waals surface area (Å²) in [6.45, 7) is 3.35. The van der Waals surface area contributed by atoms with Gasteiger partial charge >= 0.3 is 0 Å². The highest BCUT2D eigenvalue weighted by atomic mass is 79.9. The van der Waals surface area contributed by atoms with Crippen LogP contribution in [0, 0.1) is 0 Å². The van der Waals surface area contributed by atoms with Crippen molar-refractivity contribution in [3.05, 3.63) is 58.6 Å². The highest BCUT2D eigenvalue weighted by Crippen LogP contribution is 2.23.